The van der Waals surface area contributed by atoms with Crippen LogP contribution in [0.2, 0.25) is 0 Å². The topological polar surface area (TPSA) is 73.3 Å². The zero-order chi connectivity index (χ0) is 16.1. The second kappa shape index (κ2) is 7.20. The molecule has 6 nitrogen and oxygen atoms in total. The van der Waals surface area contributed by atoms with Gasteiger partial charge in [-0.3, -0.25) is 18.8 Å². The monoisotopic (exact) mass is 302 g/mol. The lowest BCUT2D eigenvalue weighted by Crippen LogP contribution is -2.40. The fourth-order valence-electron chi connectivity index (χ4n) is 2.40. The van der Waals surface area contributed by atoms with Gasteiger partial charge in [0.15, 0.2) is 0 Å². The van der Waals surface area contributed by atoms with Crippen LogP contribution in [0.15, 0.2) is 46.0 Å². The molecule has 0 fully saturated rings. The van der Waals surface area contributed by atoms with Crippen molar-refractivity contribution < 1.29 is 0 Å². The fraction of sp³-hybridized carbons (Fsp3) is 0.375. The minimum atomic E-state index is -0.310. The van der Waals surface area contributed by atoms with E-state index in [1.54, 1.807) is 7.05 Å². The molecule has 1 aromatic carbocycles. The second-order valence-corrected chi connectivity index (χ2v) is 5.36. The average Bonchev–Trinajstić information content (AvgIpc) is 2.52. The smallest absolute Gasteiger partial charge is 0.329 e. The number of hydrogen-bond acceptors (Lipinski definition) is 4. The molecule has 0 spiro atoms. The zero-order valence-corrected chi connectivity index (χ0v) is 13.0. The summed E-state index contributed by atoms with van der Waals surface area (Å²) in [5.74, 6) is 0. The molecule has 1 heterocycles. The van der Waals surface area contributed by atoms with Crippen LogP contribution in [0.1, 0.15) is 11.3 Å². The van der Waals surface area contributed by atoms with Gasteiger partial charge in [0, 0.05) is 52.0 Å². The third kappa shape index (κ3) is 3.72. The molecular formula is C16H22N4O2. The Balaban J connectivity index is 2.25. The third-order valence-electron chi connectivity index (χ3n) is 3.71. The molecule has 22 heavy (non-hydrogen) atoms. The minimum Gasteiger partial charge on any atom is -0.329 e. The summed E-state index contributed by atoms with van der Waals surface area (Å²) in [6, 6.07) is 11.6. The largest absolute Gasteiger partial charge is 0.330 e. The summed E-state index contributed by atoms with van der Waals surface area (Å²) in [5, 5.41) is 0. The molecule has 2 N–H and O–H groups in total. The highest BCUT2D eigenvalue weighted by molar-refractivity contribution is 5.14. The van der Waals surface area contributed by atoms with E-state index in [0.29, 0.717) is 25.3 Å². The highest BCUT2D eigenvalue weighted by Crippen LogP contribution is 2.07. The first-order chi connectivity index (χ1) is 10.5. The summed E-state index contributed by atoms with van der Waals surface area (Å²) < 4.78 is 2.61. The van der Waals surface area contributed by atoms with E-state index in [1.165, 1.54) is 23.2 Å². The van der Waals surface area contributed by atoms with Crippen molar-refractivity contribution in [3.63, 3.8) is 0 Å². The summed E-state index contributed by atoms with van der Waals surface area (Å²) in [7, 11) is 3.16. The van der Waals surface area contributed by atoms with Crippen molar-refractivity contribution in [2.75, 3.05) is 13.1 Å². The van der Waals surface area contributed by atoms with Crippen molar-refractivity contribution in [2.45, 2.75) is 13.1 Å². The van der Waals surface area contributed by atoms with Crippen molar-refractivity contribution in [3.8, 4) is 0 Å². The molecule has 0 radical (unpaired) electrons. The van der Waals surface area contributed by atoms with Crippen LogP contribution in [-0.4, -0.2) is 27.1 Å². The van der Waals surface area contributed by atoms with Gasteiger partial charge in [-0.25, -0.2) is 4.79 Å². The van der Waals surface area contributed by atoms with E-state index >= 15 is 0 Å². The highest BCUT2D eigenvalue weighted by atomic mass is 16.2. The maximum atomic E-state index is 12.0. The number of rotatable bonds is 6. The quantitative estimate of drug-likeness (QED) is 0.818. The molecule has 0 aliphatic heterocycles. The van der Waals surface area contributed by atoms with Crippen LogP contribution in [0.4, 0.5) is 0 Å². The average molecular weight is 302 g/mol. The number of nitrogens with zero attached hydrogens (tertiary/aromatic N) is 3. The van der Waals surface area contributed by atoms with Gasteiger partial charge < -0.3 is 5.73 Å². The van der Waals surface area contributed by atoms with Crippen LogP contribution in [0.25, 0.3) is 0 Å². The molecule has 0 saturated heterocycles. The zero-order valence-electron chi connectivity index (χ0n) is 13.0. The van der Waals surface area contributed by atoms with Crippen LogP contribution in [0.3, 0.4) is 0 Å². The SMILES string of the molecule is Cn1c(CN(CCN)Cc2ccccc2)cc(=O)n(C)c1=O. The molecule has 2 aromatic rings. The van der Waals surface area contributed by atoms with E-state index in [-0.39, 0.29) is 11.2 Å². The van der Waals surface area contributed by atoms with E-state index in [2.05, 4.69) is 4.90 Å². The number of hydrogen-bond donors (Lipinski definition) is 1. The molecule has 0 aliphatic carbocycles. The van der Waals surface area contributed by atoms with Gasteiger partial charge in [-0.15, -0.1) is 0 Å². The number of nitrogens with two attached hydrogens (primary N) is 1. The predicted octanol–water partition coefficient (Wildman–Crippen LogP) is 0.0449. The second-order valence-electron chi connectivity index (χ2n) is 5.36. The highest BCUT2D eigenvalue weighted by Gasteiger charge is 2.11. The minimum absolute atomic E-state index is 0.287. The Morgan fingerprint density at radius 2 is 1.73 bits per heavy atom. The summed E-state index contributed by atoms with van der Waals surface area (Å²) >= 11 is 0. The summed E-state index contributed by atoms with van der Waals surface area (Å²) in [4.78, 5) is 25.9. The van der Waals surface area contributed by atoms with Crippen LogP contribution >= 0.6 is 0 Å². The van der Waals surface area contributed by atoms with Gasteiger partial charge in [0.25, 0.3) is 5.56 Å². The van der Waals surface area contributed by atoms with Crippen molar-refractivity contribution in [1.82, 2.24) is 14.0 Å². The molecule has 0 atom stereocenters. The molecular weight excluding hydrogens is 280 g/mol. The Kier molecular flexibility index (Phi) is 5.30. The van der Waals surface area contributed by atoms with Crippen LogP contribution in [0, 0.1) is 0 Å². The summed E-state index contributed by atoms with van der Waals surface area (Å²) in [6.07, 6.45) is 0. The Morgan fingerprint density at radius 3 is 2.36 bits per heavy atom. The Hall–Kier alpha value is -2.18. The van der Waals surface area contributed by atoms with Gasteiger partial charge in [0.05, 0.1) is 0 Å². The molecule has 0 unspecified atom stereocenters. The molecule has 1 aromatic heterocycles. The first kappa shape index (κ1) is 16.2. The van der Waals surface area contributed by atoms with Gasteiger partial charge in [0.1, 0.15) is 0 Å². The lowest BCUT2D eigenvalue weighted by molar-refractivity contribution is 0.256. The van der Waals surface area contributed by atoms with Crippen molar-refractivity contribution in [2.24, 2.45) is 19.8 Å². The maximum absolute atomic E-state index is 12.0. The van der Waals surface area contributed by atoms with Crippen LogP contribution in [-0.2, 0) is 27.2 Å². The Labute approximate surface area is 129 Å². The molecule has 2 rings (SSSR count). The van der Waals surface area contributed by atoms with Gasteiger partial charge >= 0.3 is 5.69 Å². The molecule has 0 saturated carbocycles. The Bertz CT molecular complexity index is 734. The number of aromatic nitrogens is 2. The van der Waals surface area contributed by atoms with Gasteiger partial charge in [-0.05, 0) is 5.56 Å². The van der Waals surface area contributed by atoms with Gasteiger partial charge in [-0.2, -0.15) is 0 Å². The molecule has 0 bridgehead atoms. The van der Waals surface area contributed by atoms with Crippen molar-refractivity contribution in [3.05, 3.63) is 68.5 Å². The Morgan fingerprint density at radius 1 is 1.05 bits per heavy atom. The first-order valence-corrected chi connectivity index (χ1v) is 7.25. The van der Waals surface area contributed by atoms with Gasteiger partial charge in [0.2, 0.25) is 0 Å². The summed E-state index contributed by atoms with van der Waals surface area (Å²) in [6.45, 7) is 2.44. The van der Waals surface area contributed by atoms with E-state index in [1.807, 2.05) is 30.3 Å². The molecule has 0 aliphatic rings. The van der Waals surface area contributed by atoms with E-state index in [0.717, 1.165) is 11.1 Å². The van der Waals surface area contributed by atoms with E-state index < -0.39 is 0 Å². The van der Waals surface area contributed by atoms with E-state index in [4.69, 9.17) is 5.73 Å². The van der Waals surface area contributed by atoms with Crippen LogP contribution in [0.5, 0.6) is 0 Å². The summed E-state index contributed by atoms with van der Waals surface area (Å²) in [5.41, 5.74) is 6.95. The molecule has 0 amide bonds. The lowest BCUT2D eigenvalue weighted by atomic mass is 10.2. The fourth-order valence-corrected chi connectivity index (χ4v) is 2.40. The van der Waals surface area contributed by atoms with Gasteiger partial charge in [-0.1, -0.05) is 30.3 Å². The predicted molar refractivity (Wildman–Crippen MR) is 86.5 cm³/mol. The standard InChI is InChI=1S/C16H22N4O2/c1-18-14(10-15(21)19(2)16(18)22)12-20(9-8-17)11-13-6-4-3-5-7-13/h3-7,10H,8-9,11-12,17H2,1-2H3. The third-order valence-corrected chi connectivity index (χ3v) is 3.71. The molecule has 6 heteroatoms. The van der Waals surface area contributed by atoms with E-state index in [9.17, 15) is 9.59 Å². The normalized spacial score (nSPS) is 11.1. The first-order valence-electron chi connectivity index (χ1n) is 7.25. The van der Waals surface area contributed by atoms with Crippen molar-refractivity contribution in [1.29, 1.82) is 0 Å². The van der Waals surface area contributed by atoms with Crippen LogP contribution < -0.4 is 17.0 Å². The lowest BCUT2D eigenvalue weighted by Gasteiger charge is -2.23. The van der Waals surface area contributed by atoms with Crippen molar-refractivity contribution >= 4 is 0 Å². The molecule has 118 valence electrons. The maximum Gasteiger partial charge on any atom is 0.330 e. The number of benzene rings is 1.